The molecule has 1 heterocycles. The molecule has 0 saturated heterocycles. The van der Waals surface area contributed by atoms with Gasteiger partial charge in [0.15, 0.2) is 0 Å². The van der Waals surface area contributed by atoms with Gasteiger partial charge in [-0.2, -0.15) is 0 Å². The maximum Gasteiger partial charge on any atom is 0.129 e. The minimum Gasteiger partial charge on any atom is -0.385 e. The summed E-state index contributed by atoms with van der Waals surface area (Å²) in [5.41, 5.74) is 7.27. The van der Waals surface area contributed by atoms with Gasteiger partial charge in [0.25, 0.3) is 0 Å². The third-order valence-electron chi connectivity index (χ3n) is 3.23. The summed E-state index contributed by atoms with van der Waals surface area (Å²) >= 11 is 0. The average molecular weight is 272 g/mol. The van der Waals surface area contributed by atoms with E-state index in [1.807, 2.05) is 37.4 Å². The van der Waals surface area contributed by atoms with Gasteiger partial charge < -0.3 is 15.4 Å². The normalized spacial score (nSPS) is 10.7. The summed E-state index contributed by atoms with van der Waals surface area (Å²) in [5.74, 6) is 0.889. The van der Waals surface area contributed by atoms with Gasteiger partial charge in [0, 0.05) is 38.3 Å². The lowest BCUT2D eigenvalue weighted by atomic mass is 10.1. The lowest BCUT2D eigenvalue weighted by Crippen LogP contribution is -2.22. The Morgan fingerprint density at radius 3 is 2.85 bits per heavy atom. The Morgan fingerprint density at radius 2 is 2.15 bits per heavy atom. The number of hydrogen-bond acceptors (Lipinski definition) is 4. The lowest BCUT2D eigenvalue weighted by Gasteiger charge is -2.19. The number of ether oxygens (including phenoxy) is 1. The van der Waals surface area contributed by atoms with E-state index in [4.69, 9.17) is 15.9 Å². The number of methoxy groups -OCH3 is 1. The van der Waals surface area contributed by atoms with Crippen molar-refractivity contribution in [3.05, 3.63) is 35.9 Å². The zero-order valence-electron chi connectivity index (χ0n) is 11.9. The minimum absolute atomic E-state index is 0.0649. The first-order chi connectivity index (χ1) is 9.63. The van der Waals surface area contributed by atoms with Gasteiger partial charge in [-0.05, 0) is 18.6 Å². The van der Waals surface area contributed by atoms with Crippen LogP contribution in [0.15, 0.2) is 30.3 Å². The van der Waals surface area contributed by atoms with Crippen LogP contribution >= 0.6 is 0 Å². The Kier molecular flexibility index (Phi) is 4.53. The summed E-state index contributed by atoms with van der Waals surface area (Å²) in [6.45, 7) is 1.56. The van der Waals surface area contributed by atoms with Gasteiger partial charge in [0.1, 0.15) is 11.7 Å². The number of benzene rings is 1. The Bertz CT molecular complexity index is 612. The molecule has 0 fully saturated rings. The molecule has 0 amide bonds. The molecule has 3 N–H and O–H groups in total. The van der Waals surface area contributed by atoms with E-state index in [1.54, 1.807) is 7.11 Å². The molecule has 1 aromatic heterocycles. The highest BCUT2D eigenvalue weighted by Gasteiger charge is 2.10. The first-order valence-electron chi connectivity index (χ1n) is 6.57. The third-order valence-corrected chi connectivity index (χ3v) is 3.23. The predicted molar refractivity (Wildman–Crippen MR) is 82.5 cm³/mol. The molecule has 20 heavy (non-hydrogen) atoms. The fraction of sp³-hybridized carbons (Fsp3) is 0.333. The summed E-state index contributed by atoms with van der Waals surface area (Å²) < 4.78 is 5.06. The molecule has 0 atom stereocenters. The Hall–Kier alpha value is -2.14. The molecule has 5 heteroatoms. The second-order valence-corrected chi connectivity index (χ2v) is 4.73. The number of amidine groups is 1. The largest absolute Gasteiger partial charge is 0.385 e. The fourth-order valence-electron chi connectivity index (χ4n) is 2.14. The smallest absolute Gasteiger partial charge is 0.129 e. The number of nitrogens with zero attached hydrogens (tertiary/aromatic N) is 2. The van der Waals surface area contributed by atoms with Gasteiger partial charge in [-0.3, -0.25) is 5.41 Å². The van der Waals surface area contributed by atoms with Crippen molar-refractivity contribution in [1.82, 2.24) is 4.98 Å². The summed E-state index contributed by atoms with van der Waals surface area (Å²) in [6.07, 6.45) is 0.927. The highest BCUT2D eigenvalue weighted by atomic mass is 16.5. The van der Waals surface area contributed by atoms with Crippen LogP contribution in [0.4, 0.5) is 5.82 Å². The predicted octanol–water partition coefficient (Wildman–Crippen LogP) is 1.99. The summed E-state index contributed by atoms with van der Waals surface area (Å²) in [7, 11) is 3.68. The molecule has 2 rings (SSSR count). The van der Waals surface area contributed by atoms with Crippen LogP contribution in [0.5, 0.6) is 0 Å². The van der Waals surface area contributed by atoms with E-state index < -0.39 is 0 Å². The van der Waals surface area contributed by atoms with Crippen LogP contribution in [0.3, 0.4) is 0 Å². The van der Waals surface area contributed by atoms with Gasteiger partial charge in [0.05, 0.1) is 5.52 Å². The zero-order chi connectivity index (χ0) is 14.5. The molecule has 0 aliphatic carbocycles. The molecule has 0 saturated carbocycles. The number of nitrogens with two attached hydrogens (primary N) is 1. The van der Waals surface area contributed by atoms with E-state index in [9.17, 15) is 0 Å². The van der Waals surface area contributed by atoms with Crippen LogP contribution in [0, 0.1) is 5.41 Å². The van der Waals surface area contributed by atoms with E-state index in [1.165, 1.54) is 0 Å². The van der Waals surface area contributed by atoms with Gasteiger partial charge in [-0.15, -0.1) is 0 Å². The zero-order valence-corrected chi connectivity index (χ0v) is 11.9. The van der Waals surface area contributed by atoms with Crippen molar-refractivity contribution in [3.63, 3.8) is 0 Å². The number of pyridine rings is 1. The molecule has 1 aromatic carbocycles. The van der Waals surface area contributed by atoms with Crippen molar-refractivity contribution in [2.24, 2.45) is 5.73 Å². The van der Waals surface area contributed by atoms with Crippen molar-refractivity contribution in [1.29, 1.82) is 5.41 Å². The number of para-hydroxylation sites is 1. The van der Waals surface area contributed by atoms with E-state index >= 15 is 0 Å². The van der Waals surface area contributed by atoms with Gasteiger partial charge in [-0.1, -0.05) is 18.2 Å². The molecule has 2 aromatic rings. The molecule has 0 radical (unpaired) electrons. The molecule has 0 bridgehead atoms. The second-order valence-electron chi connectivity index (χ2n) is 4.73. The average Bonchev–Trinajstić information content (AvgIpc) is 2.46. The molecular weight excluding hydrogens is 252 g/mol. The topological polar surface area (TPSA) is 75.2 Å². The molecular formula is C15H20N4O. The first-order valence-corrected chi connectivity index (χ1v) is 6.57. The number of hydrogen-bond donors (Lipinski definition) is 2. The standard InChI is InChI=1S/C15H20N4O/c1-19(8-5-9-20-2)14-10-12(15(16)17)11-6-3-4-7-13(11)18-14/h3-4,6-7,10H,5,8-9H2,1-2H3,(H3,16,17). The number of nitrogens with one attached hydrogen (secondary N) is 1. The number of rotatable bonds is 6. The third kappa shape index (κ3) is 3.05. The second kappa shape index (κ2) is 6.34. The van der Waals surface area contributed by atoms with Crippen molar-refractivity contribution in [3.8, 4) is 0 Å². The molecule has 0 aliphatic heterocycles. The van der Waals surface area contributed by atoms with E-state index in [0.717, 1.165) is 41.9 Å². The summed E-state index contributed by atoms with van der Waals surface area (Å²) in [5, 5.41) is 8.65. The van der Waals surface area contributed by atoms with Crippen LogP contribution < -0.4 is 10.6 Å². The molecule has 5 nitrogen and oxygen atoms in total. The lowest BCUT2D eigenvalue weighted by molar-refractivity contribution is 0.196. The number of anilines is 1. The van der Waals surface area contributed by atoms with Gasteiger partial charge >= 0.3 is 0 Å². The van der Waals surface area contributed by atoms with Crippen molar-refractivity contribution >= 4 is 22.6 Å². The van der Waals surface area contributed by atoms with Crippen LogP contribution in [0.25, 0.3) is 10.9 Å². The van der Waals surface area contributed by atoms with E-state index in [2.05, 4.69) is 9.88 Å². The number of aromatic nitrogens is 1. The maximum absolute atomic E-state index is 7.73. The monoisotopic (exact) mass is 272 g/mol. The molecule has 106 valence electrons. The van der Waals surface area contributed by atoms with E-state index in [-0.39, 0.29) is 5.84 Å². The SMILES string of the molecule is COCCCN(C)c1cc(C(=N)N)c2ccccc2n1. The Morgan fingerprint density at radius 1 is 1.40 bits per heavy atom. The fourth-order valence-corrected chi connectivity index (χ4v) is 2.14. The van der Waals surface area contributed by atoms with Crippen molar-refractivity contribution in [2.45, 2.75) is 6.42 Å². The van der Waals surface area contributed by atoms with Crippen LogP contribution in [-0.4, -0.2) is 38.1 Å². The van der Waals surface area contributed by atoms with Crippen molar-refractivity contribution < 1.29 is 4.74 Å². The van der Waals surface area contributed by atoms with E-state index in [0.29, 0.717) is 0 Å². The molecule has 0 spiro atoms. The Labute approximate surface area is 118 Å². The van der Waals surface area contributed by atoms with Crippen LogP contribution in [0.2, 0.25) is 0 Å². The minimum atomic E-state index is 0.0649. The highest BCUT2D eigenvalue weighted by Crippen LogP contribution is 2.22. The molecule has 0 unspecified atom stereocenters. The maximum atomic E-state index is 7.73. The van der Waals surface area contributed by atoms with Crippen LogP contribution in [0.1, 0.15) is 12.0 Å². The summed E-state index contributed by atoms with van der Waals surface area (Å²) in [6, 6.07) is 9.62. The Balaban J connectivity index is 2.37. The first kappa shape index (κ1) is 14.3. The van der Waals surface area contributed by atoms with Gasteiger partial charge in [0.2, 0.25) is 0 Å². The quantitative estimate of drug-likeness (QED) is 0.479. The molecule has 0 aliphatic rings. The summed E-state index contributed by atoms with van der Waals surface area (Å²) in [4.78, 5) is 6.68. The number of nitrogen functional groups attached to an aromatic ring is 1. The van der Waals surface area contributed by atoms with Crippen LogP contribution in [-0.2, 0) is 4.74 Å². The highest BCUT2D eigenvalue weighted by molar-refractivity contribution is 6.07. The van der Waals surface area contributed by atoms with Gasteiger partial charge in [-0.25, -0.2) is 4.98 Å². The van der Waals surface area contributed by atoms with Crippen molar-refractivity contribution in [2.75, 3.05) is 32.2 Å². The number of fused-ring (bicyclic) bond motifs is 1.